The lowest BCUT2D eigenvalue weighted by atomic mass is 10.1. The highest BCUT2D eigenvalue weighted by Crippen LogP contribution is 2.58. The lowest BCUT2D eigenvalue weighted by molar-refractivity contribution is 1.38. The SMILES string of the molecule is Ic1c(C[P+](c2ccccc2)(c2ccccc2)c2ccccc2)ccc2ccccc12. The summed E-state index contributed by atoms with van der Waals surface area (Å²) in [5, 5.41) is 6.93. The van der Waals surface area contributed by atoms with E-state index in [-0.39, 0.29) is 0 Å². The number of halogens is 1. The molecular weight excluding hydrogens is 506 g/mol. The van der Waals surface area contributed by atoms with Gasteiger partial charge in [0.1, 0.15) is 23.2 Å². The smallest absolute Gasteiger partial charge is 0.0620 e. The Bertz CT molecular complexity index is 1200. The van der Waals surface area contributed by atoms with Crippen molar-refractivity contribution >= 4 is 56.5 Å². The summed E-state index contributed by atoms with van der Waals surface area (Å²) in [5.74, 6) is 0. The van der Waals surface area contributed by atoms with Gasteiger partial charge in [0.05, 0.1) is 6.16 Å². The molecule has 0 unspecified atom stereocenters. The predicted octanol–water partition coefficient (Wildman–Crippen LogP) is 6.94. The minimum atomic E-state index is -1.88. The quantitative estimate of drug-likeness (QED) is 0.171. The fourth-order valence-electron chi connectivity index (χ4n) is 4.42. The number of benzene rings is 5. The van der Waals surface area contributed by atoms with E-state index in [4.69, 9.17) is 0 Å². The van der Waals surface area contributed by atoms with Crippen molar-refractivity contribution in [1.82, 2.24) is 0 Å². The second kappa shape index (κ2) is 8.94. The molecule has 2 heteroatoms. The third kappa shape index (κ3) is 3.82. The van der Waals surface area contributed by atoms with Crippen LogP contribution in [-0.2, 0) is 6.16 Å². The van der Waals surface area contributed by atoms with Gasteiger partial charge >= 0.3 is 0 Å². The maximum atomic E-state index is 2.55. The van der Waals surface area contributed by atoms with Crippen LogP contribution >= 0.6 is 29.9 Å². The Kier molecular flexibility index (Phi) is 5.89. The van der Waals surface area contributed by atoms with Crippen molar-refractivity contribution in [3.8, 4) is 0 Å². The van der Waals surface area contributed by atoms with Crippen LogP contribution in [0.2, 0.25) is 0 Å². The highest BCUT2D eigenvalue weighted by molar-refractivity contribution is 14.1. The largest absolute Gasteiger partial charge is 0.116 e. The average Bonchev–Trinajstić information content (AvgIpc) is 2.86. The minimum Gasteiger partial charge on any atom is -0.0620 e. The van der Waals surface area contributed by atoms with Crippen molar-refractivity contribution in [1.29, 1.82) is 0 Å². The molecule has 0 aromatic heterocycles. The summed E-state index contributed by atoms with van der Waals surface area (Å²) in [6.45, 7) is 0. The third-order valence-corrected chi connectivity index (χ3v) is 11.6. The van der Waals surface area contributed by atoms with Gasteiger partial charge in [0.2, 0.25) is 0 Å². The summed E-state index contributed by atoms with van der Waals surface area (Å²) < 4.78 is 1.36. The molecular formula is C29H23IP+. The van der Waals surface area contributed by atoms with Gasteiger partial charge in [-0.05, 0) is 69.8 Å². The van der Waals surface area contributed by atoms with Crippen molar-refractivity contribution in [2.45, 2.75) is 6.16 Å². The molecule has 31 heavy (non-hydrogen) atoms. The molecule has 0 N–H and O–H groups in total. The van der Waals surface area contributed by atoms with E-state index in [1.165, 1.54) is 35.8 Å². The molecule has 0 amide bonds. The van der Waals surface area contributed by atoms with Gasteiger partial charge in [-0.3, -0.25) is 0 Å². The zero-order valence-electron chi connectivity index (χ0n) is 17.2. The fourth-order valence-corrected chi connectivity index (χ4v) is 9.85. The second-order valence-electron chi connectivity index (χ2n) is 7.73. The van der Waals surface area contributed by atoms with Gasteiger partial charge < -0.3 is 0 Å². The van der Waals surface area contributed by atoms with E-state index in [1.54, 1.807) is 0 Å². The Labute approximate surface area is 198 Å². The molecule has 0 aliphatic heterocycles. The van der Waals surface area contributed by atoms with Gasteiger partial charge in [-0.15, -0.1) is 0 Å². The van der Waals surface area contributed by atoms with E-state index in [0.717, 1.165) is 6.16 Å². The second-order valence-corrected chi connectivity index (χ2v) is 12.3. The van der Waals surface area contributed by atoms with Gasteiger partial charge in [-0.25, -0.2) is 0 Å². The molecule has 0 aliphatic rings. The average molecular weight is 529 g/mol. The first-order chi connectivity index (χ1) is 15.3. The highest BCUT2D eigenvalue weighted by Gasteiger charge is 2.45. The van der Waals surface area contributed by atoms with Gasteiger partial charge in [-0.2, -0.15) is 0 Å². The molecule has 0 spiro atoms. The van der Waals surface area contributed by atoms with Crippen LogP contribution in [0.15, 0.2) is 127 Å². The van der Waals surface area contributed by atoms with Gasteiger partial charge in [0.25, 0.3) is 0 Å². The number of fused-ring (bicyclic) bond motifs is 1. The predicted molar refractivity (Wildman–Crippen MR) is 146 cm³/mol. The zero-order valence-corrected chi connectivity index (χ0v) is 20.2. The van der Waals surface area contributed by atoms with Crippen LogP contribution < -0.4 is 15.9 Å². The van der Waals surface area contributed by atoms with E-state index in [1.807, 2.05) is 0 Å². The normalized spacial score (nSPS) is 11.5. The summed E-state index contributed by atoms with van der Waals surface area (Å²) >= 11 is 2.55. The van der Waals surface area contributed by atoms with Crippen LogP contribution in [0.5, 0.6) is 0 Å². The Balaban J connectivity index is 1.80. The van der Waals surface area contributed by atoms with E-state index in [9.17, 15) is 0 Å². The van der Waals surface area contributed by atoms with Crippen molar-refractivity contribution in [2.75, 3.05) is 0 Å². The Hall–Kier alpha value is -2.48. The molecule has 0 bridgehead atoms. The first kappa shape index (κ1) is 20.4. The Morgan fingerprint density at radius 1 is 0.484 bits per heavy atom. The van der Waals surface area contributed by atoms with Crippen molar-refractivity contribution < 1.29 is 0 Å². The minimum absolute atomic E-state index is 1.01. The van der Waals surface area contributed by atoms with Crippen LogP contribution in [-0.4, -0.2) is 0 Å². The van der Waals surface area contributed by atoms with Crippen LogP contribution in [0.1, 0.15) is 5.56 Å². The zero-order chi connectivity index (χ0) is 21.1. The third-order valence-electron chi connectivity index (χ3n) is 5.94. The van der Waals surface area contributed by atoms with E-state index >= 15 is 0 Å². The Morgan fingerprint density at radius 3 is 1.45 bits per heavy atom. The number of hydrogen-bond donors (Lipinski definition) is 0. The molecule has 0 aliphatic carbocycles. The molecule has 5 aromatic rings. The Morgan fingerprint density at radius 2 is 0.935 bits per heavy atom. The maximum absolute atomic E-state index is 2.55. The molecule has 0 radical (unpaired) electrons. The van der Waals surface area contributed by atoms with Crippen LogP contribution in [0.3, 0.4) is 0 Å². The first-order valence-corrected chi connectivity index (χ1v) is 13.6. The van der Waals surface area contributed by atoms with Crippen molar-refractivity contribution in [3.63, 3.8) is 0 Å². The number of hydrogen-bond acceptors (Lipinski definition) is 0. The molecule has 0 saturated carbocycles. The summed E-state index contributed by atoms with van der Waals surface area (Å²) in [5.41, 5.74) is 1.42. The summed E-state index contributed by atoms with van der Waals surface area (Å²) in [6, 6.07) is 46.7. The molecule has 0 fully saturated rings. The molecule has 150 valence electrons. The fraction of sp³-hybridized carbons (Fsp3) is 0.0345. The molecule has 0 saturated heterocycles. The summed E-state index contributed by atoms with van der Waals surface area (Å²) in [7, 11) is -1.88. The van der Waals surface area contributed by atoms with Crippen LogP contribution in [0, 0.1) is 3.57 Å². The standard InChI is InChI=1S/C29H23IP/c30-29-24(21-20-23-12-10-11-19-28(23)29)22-31(25-13-4-1-5-14-25,26-15-6-2-7-16-26)27-17-8-3-9-18-27/h1-21H,22H2/q+1. The van der Waals surface area contributed by atoms with Gasteiger partial charge in [-0.1, -0.05) is 91.0 Å². The van der Waals surface area contributed by atoms with Crippen molar-refractivity contribution in [3.05, 3.63) is 137 Å². The van der Waals surface area contributed by atoms with E-state index < -0.39 is 7.26 Å². The first-order valence-electron chi connectivity index (χ1n) is 10.5. The highest BCUT2D eigenvalue weighted by atomic mass is 127. The van der Waals surface area contributed by atoms with Crippen LogP contribution in [0.4, 0.5) is 0 Å². The monoisotopic (exact) mass is 529 g/mol. The number of rotatable bonds is 5. The summed E-state index contributed by atoms with van der Waals surface area (Å²) in [6.07, 6.45) is 1.01. The lowest BCUT2D eigenvalue weighted by Gasteiger charge is -2.28. The topological polar surface area (TPSA) is 0 Å². The van der Waals surface area contributed by atoms with Gasteiger partial charge in [0.15, 0.2) is 0 Å². The summed E-state index contributed by atoms with van der Waals surface area (Å²) in [4.78, 5) is 0. The molecule has 0 nitrogen and oxygen atoms in total. The van der Waals surface area contributed by atoms with Gasteiger partial charge in [0, 0.05) is 9.13 Å². The van der Waals surface area contributed by atoms with E-state index in [0.29, 0.717) is 0 Å². The van der Waals surface area contributed by atoms with E-state index in [2.05, 4.69) is 150 Å². The molecule has 5 aromatic carbocycles. The lowest BCUT2D eigenvalue weighted by Crippen LogP contribution is -2.32. The van der Waals surface area contributed by atoms with Crippen LogP contribution in [0.25, 0.3) is 10.8 Å². The molecule has 0 heterocycles. The molecule has 5 rings (SSSR count). The maximum Gasteiger partial charge on any atom is 0.116 e. The van der Waals surface area contributed by atoms with Crippen molar-refractivity contribution in [2.24, 2.45) is 0 Å². The molecule has 0 atom stereocenters.